The van der Waals surface area contributed by atoms with Crippen LogP contribution in [0.15, 0.2) is 36.8 Å². The molecule has 2 aromatic heterocycles. The average molecular weight is 252 g/mol. The highest BCUT2D eigenvalue weighted by Gasteiger charge is 2.10. The number of rotatable bonds is 3. The van der Waals surface area contributed by atoms with Crippen LogP contribution in [0.4, 0.5) is 0 Å². The van der Waals surface area contributed by atoms with Crippen molar-refractivity contribution in [1.29, 1.82) is 0 Å². The molecule has 2 heterocycles. The zero-order valence-corrected chi connectivity index (χ0v) is 10.4. The standard InChI is InChI=1S/C14H12N4O/c1-9-17-12-3-2-10(6-13(12)18-9)14(19)7-11-8-15-4-5-16-11/h2-6,8H,7H2,1H3,(H,17,18). The predicted octanol–water partition coefficient (Wildman–Crippen LogP) is 2.09. The molecule has 1 aromatic carbocycles. The van der Waals surface area contributed by atoms with Crippen molar-refractivity contribution in [2.24, 2.45) is 0 Å². The van der Waals surface area contributed by atoms with Crippen molar-refractivity contribution in [3.8, 4) is 0 Å². The van der Waals surface area contributed by atoms with Crippen LogP contribution in [0.1, 0.15) is 21.9 Å². The molecule has 0 amide bonds. The lowest BCUT2D eigenvalue weighted by atomic mass is 10.1. The third-order valence-corrected chi connectivity index (χ3v) is 2.88. The van der Waals surface area contributed by atoms with E-state index >= 15 is 0 Å². The van der Waals surface area contributed by atoms with Gasteiger partial charge >= 0.3 is 0 Å². The fourth-order valence-corrected chi connectivity index (χ4v) is 2.00. The smallest absolute Gasteiger partial charge is 0.168 e. The summed E-state index contributed by atoms with van der Waals surface area (Å²) < 4.78 is 0. The number of nitrogens with zero attached hydrogens (tertiary/aromatic N) is 3. The second-order valence-electron chi connectivity index (χ2n) is 4.35. The number of aromatic amines is 1. The van der Waals surface area contributed by atoms with Crippen LogP contribution in [0.25, 0.3) is 11.0 Å². The summed E-state index contributed by atoms with van der Waals surface area (Å²) in [6, 6.07) is 5.47. The van der Waals surface area contributed by atoms with Crippen molar-refractivity contribution in [3.05, 3.63) is 53.9 Å². The maximum atomic E-state index is 12.2. The molecule has 0 fully saturated rings. The summed E-state index contributed by atoms with van der Waals surface area (Å²) in [6.45, 7) is 1.89. The Hall–Kier alpha value is -2.56. The molecule has 94 valence electrons. The van der Waals surface area contributed by atoms with Gasteiger partial charge in [0.1, 0.15) is 5.82 Å². The minimum Gasteiger partial charge on any atom is -0.342 e. The minimum absolute atomic E-state index is 0.0228. The molecule has 1 N–H and O–H groups in total. The van der Waals surface area contributed by atoms with Gasteiger partial charge in [0.15, 0.2) is 5.78 Å². The van der Waals surface area contributed by atoms with Crippen molar-refractivity contribution in [2.75, 3.05) is 0 Å². The summed E-state index contributed by atoms with van der Waals surface area (Å²) in [5.74, 6) is 0.864. The van der Waals surface area contributed by atoms with E-state index in [2.05, 4.69) is 19.9 Å². The van der Waals surface area contributed by atoms with Crippen molar-refractivity contribution in [3.63, 3.8) is 0 Å². The van der Waals surface area contributed by atoms with Crippen LogP contribution in [0.2, 0.25) is 0 Å². The lowest BCUT2D eigenvalue weighted by molar-refractivity contribution is 0.0992. The van der Waals surface area contributed by atoms with Crippen LogP contribution in [0, 0.1) is 6.92 Å². The highest BCUT2D eigenvalue weighted by molar-refractivity contribution is 5.99. The van der Waals surface area contributed by atoms with Gasteiger partial charge in [-0.1, -0.05) is 0 Å². The van der Waals surface area contributed by atoms with Crippen molar-refractivity contribution in [2.45, 2.75) is 13.3 Å². The number of hydrogen-bond acceptors (Lipinski definition) is 4. The molecule has 0 saturated heterocycles. The number of ketones is 1. The number of imidazole rings is 1. The Kier molecular flexibility index (Phi) is 2.79. The Morgan fingerprint density at radius 3 is 3.00 bits per heavy atom. The Labute approximate surface area is 109 Å². The predicted molar refractivity (Wildman–Crippen MR) is 70.9 cm³/mol. The van der Waals surface area contributed by atoms with Crippen LogP contribution in [0.3, 0.4) is 0 Å². The van der Waals surface area contributed by atoms with E-state index in [1.54, 1.807) is 24.7 Å². The van der Waals surface area contributed by atoms with Crippen LogP contribution in [0.5, 0.6) is 0 Å². The van der Waals surface area contributed by atoms with E-state index in [9.17, 15) is 4.79 Å². The highest BCUT2D eigenvalue weighted by atomic mass is 16.1. The third kappa shape index (κ3) is 2.35. The lowest BCUT2D eigenvalue weighted by Gasteiger charge is -2.00. The zero-order valence-electron chi connectivity index (χ0n) is 10.4. The van der Waals surface area contributed by atoms with Gasteiger partial charge in [0.2, 0.25) is 0 Å². The number of fused-ring (bicyclic) bond motifs is 1. The SMILES string of the molecule is Cc1nc2ccc(C(=O)Cc3cnccn3)cc2[nH]1. The number of benzene rings is 1. The number of nitrogens with one attached hydrogen (secondary N) is 1. The summed E-state index contributed by atoms with van der Waals surface area (Å²) in [7, 11) is 0. The second kappa shape index (κ2) is 4.61. The number of hydrogen-bond donors (Lipinski definition) is 1. The van der Waals surface area contributed by atoms with Gasteiger partial charge in [-0.25, -0.2) is 4.98 Å². The maximum absolute atomic E-state index is 12.2. The Bertz CT molecular complexity index is 734. The normalized spacial score (nSPS) is 10.8. The Morgan fingerprint density at radius 2 is 2.21 bits per heavy atom. The molecule has 0 saturated carbocycles. The molecule has 0 unspecified atom stereocenters. The van der Waals surface area contributed by atoms with Gasteiger partial charge in [-0.3, -0.25) is 14.8 Å². The molecule has 0 aliphatic rings. The molecule has 3 rings (SSSR count). The minimum atomic E-state index is 0.0228. The van der Waals surface area contributed by atoms with Gasteiger partial charge < -0.3 is 4.98 Å². The van der Waals surface area contributed by atoms with Gasteiger partial charge in [-0.05, 0) is 25.1 Å². The monoisotopic (exact) mass is 252 g/mol. The van der Waals surface area contributed by atoms with E-state index < -0.39 is 0 Å². The van der Waals surface area contributed by atoms with E-state index in [0.717, 1.165) is 16.9 Å². The fraction of sp³-hybridized carbons (Fsp3) is 0.143. The molecular formula is C14H12N4O. The number of H-pyrrole nitrogens is 1. The van der Waals surface area contributed by atoms with E-state index in [-0.39, 0.29) is 12.2 Å². The largest absolute Gasteiger partial charge is 0.342 e. The fourth-order valence-electron chi connectivity index (χ4n) is 2.00. The van der Waals surface area contributed by atoms with Crippen LogP contribution >= 0.6 is 0 Å². The third-order valence-electron chi connectivity index (χ3n) is 2.88. The molecule has 19 heavy (non-hydrogen) atoms. The van der Waals surface area contributed by atoms with Gasteiger partial charge in [0.05, 0.1) is 23.1 Å². The summed E-state index contributed by atoms with van der Waals surface area (Å²) in [5, 5.41) is 0. The summed E-state index contributed by atoms with van der Waals surface area (Å²) in [6.07, 6.45) is 5.04. The van der Waals surface area contributed by atoms with Crippen LogP contribution < -0.4 is 0 Å². The molecule has 5 nitrogen and oxygen atoms in total. The Morgan fingerprint density at radius 1 is 1.32 bits per heavy atom. The van der Waals surface area contributed by atoms with Crippen molar-refractivity contribution >= 4 is 16.8 Å². The van der Waals surface area contributed by atoms with Crippen LogP contribution in [-0.4, -0.2) is 25.7 Å². The highest BCUT2D eigenvalue weighted by Crippen LogP contribution is 2.15. The van der Waals surface area contributed by atoms with Crippen molar-refractivity contribution in [1.82, 2.24) is 19.9 Å². The van der Waals surface area contributed by atoms with Gasteiger partial charge in [0.25, 0.3) is 0 Å². The van der Waals surface area contributed by atoms with E-state index in [4.69, 9.17) is 0 Å². The molecule has 0 aliphatic carbocycles. The van der Waals surface area contributed by atoms with E-state index in [1.165, 1.54) is 0 Å². The molecule has 3 aromatic rings. The lowest BCUT2D eigenvalue weighted by Crippen LogP contribution is -2.05. The van der Waals surface area contributed by atoms with Crippen molar-refractivity contribution < 1.29 is 4.79 Å². The number of carbonyl (C=O) groups is 1. The van der Waals surface area contributed by atoms with Gasteiger partial charge in [-0.2, -0.15) is 0 Å². The molecule has 5 heteroatoms. The summed E-state index contributed by atoms with van der Waals surface area (Å²) in [5.41, 5.74) is 3.08. The quantitative estimate of drug-likeness (QED) is 0.724. The second-order valence-corrected chi connectivity index (χ2v) is 4.35. The van der Waals surface area contributed by atoms with Gasteiger partial charge in [0, 0.05) is 24.2 Å². The van der Waals surface area contributed by atoms with Gasteiger partial charge in [-0.15, -0.1) is 0 Å². The first-order valence-electron chi connectivity index (χ1n) is 5.97. The molecule has 0 radical (unpaired) electrons. The molecular weight excluding hydrogens is 240 g/mol. The van der Waals surface area contributed by atoms with Crippen LogP contribution in [-0.2, 0) is 6.42 Å². The maximum Gasteiger partial charge on any atom is 0.168 e. The molecule has 0 spiro atoms. The average Bonchev–Trinajstić information content (AvgIpc) is 2.78. The first-order valence-corrected chi connectivity index (χ1v) is 5.97. The molecule has 0 aliphatic heterocycles. The zero-order chi connectivity index (χ0) is 13.2. The topological polar surface area (TPSA) is 71.5 Å². The van der Waals surface area contributed by atoms with E-state index in [1.807, 2.05) is 19.1 Å². The van der Waals surface area contributed by atoms with E-state index in [0.29, 0.717) is 11.3 Å². The molecule has 0 atom stereocenters. The number of aromatic nitrogens is 4. The number of carbonyl (C=O) groups excluding carboxylic acids is 1. The first kappa shape index (κ1) is 11.5. The summed E-state index contributed by atoms with van der Waals surface area (Å²) >= 11 is 0. The number of Topliss-reactive ketones (excluding diaryl/α,β-unsaturated/α-hetero) is 1. The number of aryl methyl sites for hydroxylation is 1. The summed E-state index contributed by atoms with van der Waals surface area (Å²) in [4.78, 5) is 27.7. The molecule has 0 bridgehead atoms. The first-order chi connectivity index (χ1) is 9.22. The Balaban J connectivity index is 1.89.